The Hall–Kier alpha value is -1.49. The molecule has 0 spiro atoms. The molecule has 4 nitrogen and oxygen atoms in total. The molecule has 1 aromatic carbocycles. The summed E-state index contributed by atoms with van der Waals surface area (Å²) in [4.78, 5) is 10.2. The van der Waals surface area contributed by atoms with Crippen molar-refractivity contribution in [1.29, 1.82) is 0 Å². The minimum absolute atomic E-state index is 0.00463. The summed E-state index contributed by atoms with van der Waals surface area (Å²) < 4.78 is 0. The van der Waals surface area contributed by atoms with Crippen LogP contribution in [0.3, 0.4) is 0 Å². The summed E-state index contributed by atoms with van der Waals surface area (Å²) in [7, 11) is 0. The maximum atomic E-state index is 10.6. The van der Waals surface area contributed by atoms with Crippen LogP contribution in [0.2, 0.25) is 0 Å². The van der Waals surface area contributed by atoms with E-state index in [-0.39, 0.29) is 10.7 Å². The van der Waals surface area contributed by atoms with E-state index in [1.54, 1.807) is 25.1 Å². The molecule has 0 saturated heterocycles. The molecule has 0 aliphatic carbocycles. The van der Waals surface area contributed by atoms with Crippen molar-refractivity contribution in [2.45, 2.75) is 6.92 Å². The number of aryl methyl sites for hydroxylation is 1. The topological polar surface area (TPSA) is 69.2 Å². The van der Waals surface area contributed by atoms with Crippen LogP contribution in [0.4, 0.5) is 5.69 Å². The second-order valence-electron chi connectivity index (χ2n) is 2.59. The van der Waals surface area contributed by atoms with Gasteiger partial charge in [0.2, 0.25) is 0 Å². The maximum absolute atomic E-state index is 10.6. The van der Waals surface area contributed by atoms with Gasteiger partial charge in [-0.25, -0.2) is 0 Å². The van der Waals surface area contributed by atoms with Crippen LogP contribution in [0, 0.1) is 17.0 Å². The van der Waals surface area contributed by atoms with Gasteiger partial charge in [0.15, 0.2) is 0 Å². The molecule has 0 unspecified atom stereocenters. The Labute approximate surface area is 80.5 Å². The molecule has 0 bridgehead atoms. The molecule has 0 heterocycles. The van der Waals surface area contributed by atoms with Gasteiger partial charge in [-0.2, -0.15) is 0 Å². The fraction of sp³-hybridized carbons (Fsp3) is 0.125. The molecule has 0 radical (unpaired) electrons. The number of benzene rings is 1. The fourth-order valence-electron chi connectivity index (χ4n) is 1.10. The monoisotopic (exact) mass is 196 g/mol. The highest BCUT2D eigenvalue weighted by Gasteiger charge is 2.17. The number of nitrogens with zero attached hydrogens (tertiary/aromatic N) is 1. The molecule has 1 aromatic rings. The number of hydrogen-bond acceptors (Lipinski definition) is 3. The first-order chi connectivity index (χ1) is 6.04. The van der Waals surface area contributed by atoms with E-state index in [0.717, 1.165) is 0 Å². The standard InChI is InChI=1S/C8H8N2O2S/c1-5-3-2-4-6(8(9)13)7(5)10(11)12/h2-4H,1H3,(H2,9,13). The highest BCUT2D eigenvalue weighted by atomic mass is 32.1. The molecule has 0 aliphatic heterocycles. The number of nitro benzene ring substituents is 1. The number of nitrogens with two attached hydrogens (primary N) is 1. The van der Waals surface area contributed by atoms with Crippen molar-refractivity contribution in [2.24, 2.45) is 5.73 Å². The summed E-state index contributed by atoms with van der Waals surface area (Å²) in [6.07, 6.45) is 0. The average molecular weight is 196 g/mol. The van der Waals surface area contributed by atoms with Crippen molar-refractivity contribution in [3.05, 3.63) is 39.4 Å². The lowest BCUT2D eigenvalue weighted by Gasteiger charge is -2.02. The van der Waals surface area contributed by atoms with Crippen LogP contribution in [0.5, 0.6) is 0 Å². The Kier molecular flexibility index (Phi) is 2.57. The highest BCUT2D eigenvalue weighted by molar-refractivity contribution is 7.80. The zero-order chi connectivity index (χ0) is 10.0. The molecule has 0 aliphatic rings. The third-order valence-corrected chi connectivity index (χ3v) is 1.91. The molecule has 0 aromatic heterocycles. The second kappa shape index (κ2) is 3.49. The normalized spacial score (nSPS) is 9.62. The SMILES string of the molecule is Cc1cccc(C(N)=S)c1[N+](=O)[O-]. The van der Waals surface area contributed by atoms with Crippen molar-refractivity contribution in [1.82, 2.24) is 0 Å². The first-order valence-electron chi connectivity index (χ1n) is 3.58. The summed E-state index contributed by atoms with van der Waals surface area (Å²) >= 11 is 4.70. The Morgan fingerprint density at radius 2 is 2.23 bits per heavy atom. The number of para-hydroxylation sites is 1. The molecule has 0 fully saturated rings. The van der Waals surface area contributed by atoms with Crippen LogP contribution < -0.4 is 5.73 Å². The van der Waals surface area contributed by atoms with Gasteiger partial charge in [0.25, 0.3) is 5.69 Å². The molecule has 1 rings (SSSR count). The average Bonchev–Trinajstić information content (AvgIpc) is 2.02. The van der Waals surface area contributed by atoms with Crippen LogP contribution in [0.15, 0.2) is 18.2 Å². The van der Waals surface area contributed by atoms with Crippen molar-refractivity contribution in [3.8, 4) is 0 Å². The Bertz CT molecular complexity index is 376. The number of rotatable bonds is 2. The van der Waals surface area contributed by atoms with Crippen LogP contribution in [-0.2, 0) is 0 Å². The van der Waals surface area contributed by atoms with Gasteiger partial charge < -0.3 is 5.73 Å². The van der Waals surface area contributed by atoms with Gasteiger partial charge in [0.1, 0.15) is 4.99 Å². The molecular weight excluding hydrogens is 188 g/mol. The molecule has 68 valence electrons. The molecule has 0 saturated carbocycles. The highest BCUT2D eigenvalue weighted by Crippen LogP contribution is 2.22. The summed E-state index contributed by atoms with van der Waals surface area (Å²) in [6.45, 7) is 1.65. The van der Waals surface area contributed by atoms with Crippen molar-refractivity contribution < 1.29 is 4.92 Å². The lowest BCUT2D eigenvalue weighted by molar-refractivity contribution is -0.385. The molecule has 2 N–H and O–H groups in total. The Balaban J connectivity index is 3.43. The summed E-state index contributed by atoms with van der Waals surface area (Å²) in [6, 6.07) is 4.89. The second-order valence-corrected chi connectivity index (χ2v) is 3.03. The van der Waals surface area contributed by atoms with E-state index in [4.69, 9.17) is 18.0 Å². The zero-order valence-corrected chi connectivity index (χ0v) is 7.80. The van der Waals surface area contributed by atoms with Crippen LogP contribution in [0.1, 0.15) is 11.1 Å². The number of hydrogen-bond donors (Lipinski definition) is 1. The maximum Gasteiger partial charge on any atom is 0.282 e. The first kappa shape index (κ1) is 9.60. The first-order valence-corrected chi connectivity index (χ1v) is 3.98. The van der Waals surface area contributed by atoms with E-state index in [9.17, 15) is 10.1 Å². The fourth-order valence-corrected chi connectivity index (χ4v) is 1.26. The lowest BCUT2D eigenvalue weighted by Crippen LogP contribution is -2.12. The minimum atomic E-state index is -0.468. The van der Waals surface area contributed by atoms with E-state index >= 15 is 0 Å². The number of nitro groups is 1. The van der Waals surface area contributed by atoms with E-state index in [1.165, 1.54) is 0 Å². The van der Waals surface area contributed by atoms with Gasteiger partial charge >= 0.3 is 0 Å². The van der Waals surface area contributed by atoms with Gasteiger partial charge in [-0.3, -0.25) is 10.1 Å². The van der Waals surface area contributed by atoms with Crippen molar-refractivity contribution in [3.63, 3.8) is 0 Å². The van der Waals surface area contributed by atoms with Crippen molar-refractivity contribution in [2.75, 3.05) is 0 Å². The van der Waals surface area contributed by atoms with E-state index in [1.807, 2.05) is 0 Å². The van der Waals surface area contributed by atoms with Crippen LogP contribution >= 0.6 is 12.2 Å². The molecule has 13 heavy (non-hydrogen) atoms. The lowest BCUT2D eigenvalue weighted by atomic mass is 10.1. The third-order valence-electron chi connectivity index (χ3n) is 1.69. The zero-order valence-electron chi connectivity index (χ0n) is 6.98. The van der Waals surface area contributed by atoms with Gasteiger partial charge in [-0.15, -0.1) is 0 Å². The van der Waals surface area contributed by atoms with Gasteiger partial charge in [0.05, 0.1) is 10.5 Å². The molecule has 0 atom stereocenters. The van der Waals surface area contributed by atoms with Gasteiger partial charge in [-0.1, -0.05) is 24.4 Å². The van der Waals surface area contributed by atoms with E-state index < -0.39 is 4.92 Å². The van der Waals surface area contributed by atoms with Crippen LogP contribution in [-0.4, -0.2) is 9.91 Å². The smallest absolute Gasteiger partial charge is 0.282 e. The Morgan fingerprint density at radius 3 is 2.62 bits per heavy atom. The van der Waals surface area contributed by atoms with Gasteiger partial charge in [0, 0.05) is 5.56 Å². The number of thiocarbonyl (C=S) groups is 1. The third kappa shape index (κ3) is 1.81. The molecule has 5 heteroatoms. The largest absolute Gasteiger partial charge is 0.389 e. The summed E-state index contributed by atoms with van der Waals surface area (Å²) in [5.41, 5.74) is 6.23. The van der Waals surface area contributed by atoms with Gasteiger partial charge in [-0.05, 0) is 13.0 Å². The molecule has 0 amide bonds. The minimum Gasteiger partial charge on any atom is -0.389 e. The quantitative estimate of drug-likeness (QED) is 0.442. The predicted octanol–water partition coefficient (Wildman–Crippen LogP) is 1.54. The predicted molar refractivity (Wildman–Crippen MR) is 53.7 cm³/mol. The summed E-state index contributed by atoms with van der Waals surface area (Å²) in [5.74, 6) is 0. The van der Waals surface area contributed by atoms with E-state index in [0.29, 0.717) is 11.1 Å². The summed E-state index contributed by atoms with van der Waals surface area (Å²) in [5, 5.41) is 10.6. The van der Waals surface area contributed by atoms with Crippen molar-refractivity contribution >= 4 is 22.9 Å². The molecular formula is C8H8N2O2S. The van der Waals surface area contributed by atoms with Crippen LogP contribution in [0.25, 0.3) is 0 Å². The Morgan fingerprint density at radius 1 is 1.62 bits per heavy atom. The van der Waals surface area contributed by atoms with E-state index in [2.05, 4.69) is 0 Å².